The van der Waals surface area contributed by atoms with Crippen LogP contribution in [0.1, 0.15) is 85.5 Å². The van der Waals surface area contributed by atoms with Crippen molar-refractivity contribution >= 4 is 17.5 Å². The quantitative estimate of drug-likeness (QED) is 0.509. The van der Waals surface area contributed by atoms with Gasteiger partial charge in [-0.2, -0.15) is 0 Å². The van der Waals surface area contributed by atoms with Crippen molar-refractivity contribution in [2.75, 3.05) is 0 Å². The number of ketones is 2. The number of aliphatic hydroxyl groups is 2. The molecule has 7 aliphatic rings. The fraction of sp³-hybridized carbons (Fsp3) is 0.828. The Kier molecular flexibility index (Phi) is 4.15. The Morgan fingerprint density at radius 1 is 0.944 bits per heavy atom. The second-order valence-corrected chi connectivity index (χ2v) is 15.0. The van der Waals surface area contributed by atoms with Gasteiger partial charge in [-0.25, -0.2) is 0 Å². The van der Waals surface area contributed by atoms with Gasteiger partial charge in [-0.3, -0.25) is 14.4 Å². The van der Waals surface area contributed by atoms with E-state index in [-0.39, 0.29) is 53.6 Å². The number of hydrogen-bond acceptors (Lipinski definition) is 6. The summed E-state index contributed by atoms with van der Waals surface area (Å²) in [7, 11) is 0. The van der Waals surface area contributed by atoms with Crippen molar-refractivity contribution in [3.63, 3.8) is 0 Å². The van der Waals surface area contributed by atoms with Gasteiger partial charge in [-0.1, -0.05) is 27.7 Å². The fourth-order valence-corrected chi connectivity index (χ4v) is 11.0. The number of ether oxygens (including phenoxy) is 1. The molecular weight excluding hydrogens is 460 g/mol. The Bertz CT molecular complexity index is 1170. The molecule has 7 heteroatoms. The number of carbonyl (C=O) groups excluding carboxylic acids is 2. The Hall–Kier alpha value is -1.57. The van der Waals surface area contributed by atoms with Crippen LogP contribution in [0.15, 0.2) is 11.1 Å². The second-order valence-electron chi connectivity index (χ2n) is 15.0. The first-order valence-corrected chi connectivity index (χ1v) is 13.8. The highest BCUT2D eigenvalue weighted by Crippen LogP contribution is 2.79. The van der Waals surface area contributed by atoms with E-state index in [1.807, 2.05) is 0 Å². The molecule has 7 rings (SSSR count). The average Bonchev–Trinajstić information content (AvgIpc) is 2.90. The van der Waals surface area contributed by atoms with Crippen LogP contribution < -0.4 is 0 Å². The average molecular weight is 499 g/mol. The van der Waals surface area contributed by atoms with E-state index in [0.29, 0.717) is 30.8 Å². The van der Waals surface area contributed by atoms with Crippen molar-refractivity contribution in [3.8, 4) is 0 Å². The summed E-state index contributed by atoms with van der Waals surface area (Å²) in [4.78, 5) is 39.9. The zero-order valence-corrected chi connectivity index (χ0v) is 21.7. The smallest absolute Gasteiger partial charge is 0.316 e. The van der Waals surface area contributed by atoms with Crippen LogP contribution in [0.5, 0.6) is 0 Å². The van der Waals surface area contributed by atoms with E-state index in [0.717, 1.165) is 24.8 Å². The van der Waals surface area contributed by atoms with Crippen LogP contribution in [0.3, 0.4) is 0 Å². The van der Waals surface area contributed by atoms with E-state index in [9.17, 15) is 29.7 Å². The van der Waals surface area contributed by atoms with Crippen molar-refractivity contribution < 1.29 is 34.4 Å². The lowest BCUT2D eigenvalue weighted by atomic mass is 9.60. The van der Waals surface area contributed by atoms with E-state index >= 15 is 0 Å². The van der Waals surface area contributed by atoms with Gasteiger partial charge >= 0.3 is 5.97 Å². The molecule has 7 nitrogen and oxygen atoms in total. The summed E-state index contributed by atoms with van der Waals surface area (Å²) in [5.41, 5.74) is -4.56. The molecule has 6 fully saturated rings. The molecule has 1 spiro atoms. The molecule has 1 saturated heterocycles. The van der Waals surface area contributed by atoms with Gasteiger partial charge < -0.3 is 20.1 Å². The molecule has 3 N–H and O–H groups in total. The molecule has 0 radical (unpaired) electrons. The van der Waals surface area contributed by atoms with E-state index < -0.39 is 40.1 Å². The summed E-state index contributed by atoms with van der Waals surface area (Å²) in [5, 5.41) is 34.4. The maximum Gasteiger partial charge on any atom is 0.316 e. The normalized spacial score (nSPS) is 52.9. The third kappa shape index (κ3) is 2.45. The number of carboxylic acid groups (broad SMARTS) is 1. The standard InChI is InChI=1S/C29H38O7/c1-24(2)7-14-9-26(34)13-19(30)16(20(26)17(14)11-24)5-6-27(35)21(31)22-28(36-22)10-15-8-25(3,4)12-18(15)29(27,28)23(32)33/h14-15,17-18,22,34-35H,5-13H2,1-4H3,(H,32,33)/t14-,15+,17-,18+,22+,26-,27+,28+,29-/m1/s1. The molecule has 0 unspecified atom stereocenters. The number of allylic oxidation sites excluding steroid dienone is 1. The number of hydrogen-bond donors (Lipinski definition) is 3. The van der Waals surface area contributed by atoms with Gasteiger partial charge in [-0.15, -0.1) is 0 Å². The Morgan fingerprint density at radius 3 is 2.31 bits per heavy atom. The highest BCUT2D eigenvalue weighted by molar-refractivity contribution is 6.07. The van der Waals surface area contributed by atoms with Crippen molar-refractivity contribution in [1.82, 2.24) is 0 Å². The topological polar surface area (TPSA) is 124 Å². The van der Waals surface area contributed by atoms with E-state index in [1.165, 1.54) is 0 Å². The van der Waals surface area contributed by atoms with Crippen molar-refractivity contribution in [2.24, 2.45) is 39.9 Å². The molecule has 36 heavy (non-hydrogen) atoms. The van der Waals surface area contributed by atoms with Crippen LogP contribution >= 0.6 is 0 Å². The molecule has 0 aromatic carbocycles. The fourth-order valence-electron chi connectivity index (χ4n) is 11.0. The summed E-state index contributed by atoms with van der Waals surface area (Å²) < 4.78 is 5.89. The highest BCUT2D eigenvalue weighted by Gasteiger charge is 2.94. The lowest BCUT2D eigenvalue weighted by Gasteiger charge is -2.44. The number of Topliss-reactive ketones (excluding diaryl/α,β-unsaturated/α-hetero) is 2. The molecule has 0 amide bonds. The Balaban J connectivity index is 1.28. The molecule has 196 valence electrons. The van der Waals surface area contributed by atoms with Gasteiger partial charge in [-0.05, 0) is 97.0 Å². The molecular formula is C29H38O7. The molecule has 1 heterocycles. The zero-order valence-electron chi connectivity index (χ0n) is 21.7. The predicted molar refractivity (Wildman–Crippen MR) is 128 cm³/mol. The molecule has 1 aliphatic heterocycles. The van der Waals surface area contributed by atoms with E-state index in [4.69, 9.17) is 4.74 Å². The summed E-state index contributed by atoms with van der Waals surface area (Å²) in [6.07, 6.45) is 3.71. The van der Waals surface area contributed by atoms with Gasteiger partial charge in [0.25, 0.3) is 0 Å². The van der Waals surface area contributed by atoms with Crippen LogP contribution in [-0.4, -0.2) is 55.8 Å². The first-order valence-electron chi connectivity index (χ1n) is 13.8. The Labute approximate surface area is 211 Å². The third-order valence-electron chi connectivity index (χ3n) is 11.8. The summed E-state index contributed by atoms with van der Waals surface area (Å²) >= 11 is 0. The van der Waals surface area contributed by atoms with Crippen molar-refractivity contribution in [1.29, 1.82) is 0 Å². The Morgan fingerprint density at radius 2 is 1.61 bits per heavy atom. The number of carboxylic acids is 1. The number of carbonyl (C=O) groups is 3. The van der Waals surface area contributed by atoms with Crippen LogP contribution in [-0.2, 0) is 19.1 Å². The van der Waals surface area contributed by atoms with Crippen LogP contribution in [0.25, 0.3) is 0 Å². The maximum atomic E-state index is 13.6. The molecule has 0 aromatic heterocycles. The molecule has 6 aliphatic carbocycles. The van der Waals surface area contributed by atoms with Crippen molar-refractivity contribution in [2.45, 2.75) is 108 Å². The van der Waals surface area contributed by atoms with Gasteiger partial charge in [0, 0.05) is 6.42 Å². The number of epoxide rings is 1. The summed E-state index contributed by atoms with van der Waals surface area (Å²) in [5.74, 6) is -1.55. The van der Waals surface area contributed by atoms with Crippen molar-refractivity contribution in [3.05, 3.63) is 11.1 Å². The van der Waals surface area contributed by atoms with Crippen LogP contribution in [0.2, 0.25) is 0 Å². The second kappa shape index (κ2) is 6.35. The van der Waals surface area contributed by atoms with Gasteiger partial charge in [0.15, 0.2) is 11.6 Å². The summed E-state index contributed by atoms with van der Waals surface area (Å²) in [6, 6.07) is 0. The van der Waals surface area contributed by atoms with Crippen LogP contribution in [0, 0.1) is 39.9 Å². The maximum absolute atomic E-state index is 13.6. The minimum absolute atomic E-state index is 0.0625. The van der Waals surface area contributed by atoms with Gasteiger partial charge in [0.1, 0.15) is 22.7 Å². The third-order valence-corrected chi connectivity index (χ3v) is 11.8. The van der Waals surface area contributed by atoms with E-state index in [1.54, 1.807) is 0 Å². The number of rotatable bonds is 4. The SMILES string of the molecule is CC1(C)C[C@@H]2C[C@@]3(O)CC(=O)C(CC[C@]4(O)C(=O)[C@@H]5O[C@@]56C[C@@H]5CC(C)(C)C[C@@H]5[C@]64C(=O)O)=C3[C@@H]2C1. The first kappa shape index (κ1) is 23.5. The molecule has 9 atom stereocenters. The summed E-state index contributed by atoms with van der Waals surface area (Å²) in [6.45, 7) is 8.70. The van der Waals surface area contributed by atoms with Gasteiger partial charge in [0.05, 0.1) is 5.60 Å². The molecule has 0 bridgehead atoms. The predicted octanol–water partition coefficient (Wildman–Crippen LogP) is 3.20. The monoisotopic (exact) mass is 498 g/mol. The van der Waals surface area contributed by atoms with Crippen LogP contribution in [0.4, 0.5) is 0 Å². The van der Waals surface area contributed by atoms with E-state index in [2.05, 4.69) is 27.7 Å². The number of fused-ring (bicyclic) bond motifs is 5. The highest BCUT2D eigenvalue weighted by atomic mass is 16.6. The largest absolute Gasteiger partial charge is 0.481 e. The molecule has 5 saturated carbocycles. The van der Waals surface area contributed by atoms with Gasteiger partial charge in [0.2, 0.25) is 0 Å². The lowest BCUT2D eigenvalue weighted by Crippen LogP contribution is -2.61. The molecule has 0 aromatic rings. The number of aliphatic carboxylic acids is 1. The zero-order chi connectivity index (χ0) is 25.8. The first-order chi connectivity index (χ1) is 16.6. The lowest BCUT2D eigenvalue weighted by molar-refractivity contribution is -0.191. The minimum Gasteiger partial charge on any atom is -0.481 e. The minimum atomic E-state index is -2.08.